The normalized spacial score (nSPS) is 19.8. The molecule has 29 heavy (non-hydrogen) atoms. The van der Waals surface area contributed by atoms with Crippen LogP contribution < -0.4 is 4.74 Å². The molecule has 5 nitrogen and oxygen atoms in total. The maximum Gasteiger partial charge on any atom is 0.410 e. The SMILES string of the molecule is COc1ccc(CN2C[C@@H](N(C)C(=O)OC(C)(C)C)C[C@H]2c2ccccc2)cc1. The Hall–Kier alpha value is -2.53. The fourth-order valence-electron chi connectivity index (χ4n) is 3.81. The first kappa shape index (κ1) is 21.2. The van der Waals surface area contributed by atoms with Crippen LogP contribution in [0.1, 0.15) is 44.4 Å². The zero-order chi connectivity index (χ0) is 21.0. The van der Waals surface area contributed by atoms with Crippen molar-refractivity contribution in [1.29, 1.82) is 0 Å². The maximum atomic E-state index is 12.6. The summed E-state index contributed by atoms with van der Waals surface area (Å²) in [6, 6.07) is 19.1. The van der Waals surface area contributed by atoms with E-state index < -0.39 is 5.60 Å². The number of nitrogens with zero attached hydrogens (tertiary/aromatic N) is 2. The minimum Gasteiger partial charge on any atom is -0.497 e. The second-order valence-electron chi connectivity index (χ2n) is 8.68. The molecule has 5 heteroatoms. The molecule has 0 bridgehead atoms. The van der Waals surface area contributed by atoms with Crippen molar-refractivity contribution in [3.63, 3.8) is 0 Å². The fraction of sp³-hybridized carbons (Fsp3) is 0.458. The van der Waals surface area contributed by atoms with Gasteiger partial charge in [0.15, 0.2) is 0 Å². The number of likely N-dealkylation sites (tertiary alicyclic amines) is 1. The number of carbonyl (C=O) groups excluding carboxylic acids is 1. The van der Waals surface area contributed by atoms with Gasteiger partial charge in [-0.25, -0.2) is 4.79 Å². The van der Waals surface area contributed by atoms with Crippen LogP contribution in [0.15, 0.2) is 54.6 Å². The Morgan fingerprint density at radius 3 is 2.34 bits per heavy atom. The summed E-state index contributed by atoms with van der Waals surface area (Å²) in [5.74, 6) is 0.859. The molecule has 1 aliphatic rings. The second-order valence-corrected chi connectivity index (χ2v) is 8.68. The highest BCUT2D eigenvalue weighted by molar-refractivity contribution is 5.68. The molecule has 2 aromatic carbocycles. The highest BCUT2D eigenvalue weighted by Gasteiger charge is 2.37. The van der Waals surface area contributed by atoms with Crippen molar-refractivity contribution < 1.29 is 14.3 Å². The Bertz CT molecular complexity index is 799. The van der Waals surface area contributed by atoms with E-state index in [0.29, 0.717) is 0 Å². The van der Waals surface area contributed by atoms with Crippen molar-refractivity contribution in [3.05, 3.63) is 65.7 Å². The van der Waals surface area contributed by atoms with Gasteiger partial charge in [-0.1, -0.05) is 42.5 Å². The van der Waals surface area contributed by atoms with Gasteiger partial charge in [-0.05, 0) is 50.5 Å². The van der Waals surface area contributed by atoms with E-state index in [0.717, 1.165) is 25.3 Å². The number of likely N-dealkylation sites (N-methyl/N-ethyl adjacent to an activating group) is 1. The van der Waals surface area contributed by atoms with Gasteiger partial charge in [0.2, 0.25) is 0 Å². The highest BCUT2D eigenvalue weighted by atomic mass is 16.6. The second kappa shape index (κ2) is 8.87. The molecule has 1 saturated heterocycles. The quantitative estimate of drug-likeness (QED) is 0.722. The fourth-order valence-corrected chi connectivity index (χ4v) is 3.81. The number of ether oxygens (including phenoxy) is 2. The van der Waals surface area contributed by atoms with E-state index in [2.05, 4.69) is 41.3 Å². The molecular weight excluding hydrogens is 364 g/mol. The molecule has 0 unspecified atom stereocenters. The molecule has 156 valence electrons. The Morgan fingerprint density at radius 2 is 1.76 bits per heavy atom. The van der Waals surface area contributed by atoms with Crippen LogP contribution in [0.25, 0.3) is 0 Å². The average Bonchev–Trinajstić information content (AvgIpc) is 3.11. The molecule has 1 heterocycles. The van der Waals surface area contributed by atoms with Gasteiger partial charge in [0, 0.05) is 32.2 Å². The standard InChI is InChI=1S/C24H32N2O3/c1-24(2,3)29-23(27)25(4)20-15-22(19-9-7-6-8-10-19)26(17-20)16-18-11-13-21(28-5)14-12-18/h6-14,20,22H,15-17H2,1-5H3/t20-,22-/m0/s1. The summed E-state index contributed by atoms with van der Waals surface area (Å²) in [6.45, 7) is 7.33. The van der Waals surface area contributed by atoms with Crippen LogP contribution in [0, 0.1) is 0 Å². The van der Waals surface area contributed by atoms with E-state index >= 15 is 0 Å². The van der Waals surface area contributed by atoms with Gasteiger partial charge in [0.25, 0.3) is 0 Å². The lowest BCUT2D eigenvalue weighted by atomic mass is 10.0. The summed E-state index contributed by atoms with van der Waals surface area (Å²) in [4.78, 5) is 16.8. The number of rotatable bonds is 5. The first-order valence-corrected chi connectivity index (χ1v) is 10.1. The molecule has 1 amide bonds. The molecule has 0 aliphatic carbocycles. The molecule has 1 fully saturated rings. The molecule has 3 rings (SSSR count). The third-order valence-electron chi connectivity index (χ3n) is 5.34. The predicted octanol–water partition coefficient (Wildman–Crippen LogP) is 4.88. The topological polar surface area (TPSA) is 42.0 Å². The Balaban J connectivity index is 1.77. The number of carbonyl (C=O) groups is 1. The van der Waals surface area contributed by atoms with Gasteiger partial charge in [0.05, 0.1) is 7.11 Å². The van der Waals surface area contributed by atoms with Crippen molar-refractivity contribution in [2.45, 2.75) is 51.4 Å². The molecule has 0 aromatic heterocycles. The Kier molecular flexibility index (Phi) is 6.48. The van der Waals surface area contributed by atoms with Gasteiger partial charge >= 0.3 is 6.09 Å². The van der Waals surface area contributed by atoms with Crippen LogP contribution in [0.3, 0.4) is 0 Å². The zero-order valence-corrected chi connectivity index (χ0v) is 18.1. The van der Waals surface area contributed by atoms with Crippen molar-refractivity contribution in [3.8, 4) is 5.75 Å². The third kappa shape index (κ3) is 5.51. The van der Waals surface area contributed by atoms with Crippen molar-refractivity contribution >= 4 is 6.09 Å². The first-order valence-electron chi connectivity index (χ1n) is 10.1. The van der Waals surface area contributed by atoms with Gasteiger partial charge in [0.1, 0.15) is 11.4 Å². The smallest absolute Gasteiger partial charge is 0.410 e. The monoisotopic (exact) mass is 396 g/mol. The zero-order valence-electron chi connectivity index (χ0n) is 18.1. The molecule has 0 saturated carbocycles. The third-order valence-corrected chi connectivity index (χ3v) is 5.34. The summed E-state index contributed by atoms with van der Waals surface area (Å²) in [5.41, 5.74) is 2.01. The molecule has 0 radical (unpaired) electrons. The van der Waals surface area contributed by atoms with Gasteiger partial charge < -0.3 is 14.4 Å². The first-order chi connectivity index (χ1) is 13.8. The van der Waals surface area contributed by atoms with E-state index in [1.165, 1.54) is 11.1 Å². The number of hydrogen-bond donors (Lipinski definition) is 0. The summed E-state index contributed by atoms with van der Waals surface area (Å²) in [6.07, 6.45) is 0.622. The van der Waals surface area contributed by atoms with Crippen LogP contribution in [0.2, 0.25) is 0 Å². The summed E-state index contributed by atoms with van der Waals surface area (Å²) >= 11 is 0. The van der Waals surface area contributed by atoms with Crippen LogP contribution in [0.5, 0.6) is 5.75 Å². The lowest BCUT2D eigenvalue weighted by Crippen LogP contribution is -2.42. The van der Waals surface area contributed by atoms with Crippen molar-refractivity contribution in [2.24, 2.45) is 0 Å². The summed E-state index contributed by atoms with van der Waals surface area (Å²) in [7, 11) is 3.52. The number of methoxy groups -OCH3 is 1. The maximum absolute atomic E-state index is 12.6. The molecule has 2 aromatic rings. The van der Waals surface area contributed by atoms with E-state index in [9.17, 15) is 4.79 Å². The Morgan fingerprint density at radius 1 is 1.10 bits per heavy atom. The molecular formula is C24H32N2O3. The van der Waals surface area contributed by atoms with Gasteiger partial charge in [-0.2, -0.15) is 0 Å². The molecule has 0 N–H and O–H groups in total. The van der Waals surface area contributed by atoms with E-state index in [-0.39, 0.29) is 18.2 Å². The predicted molar refractivity (Wildman–Crippen MR) is 115 cm³/mol. The van der Waals surface area contributed by atoms with Crippen LogP contribution in [-0.2, 0) is 11.3 Å². The molecule has 2 atom stereocenters. The summed E-state index contributed by atoms with van der Waals surface area (Å²) < 4.78 is 10.9. The van der Waals surface area contributed by atoms with Crippen molar-refractivity contribution in [2.75, 3.05) is 20.7 Å². The lowest BCUT2D eigenvalue weighted by Gasteiger charge is -2.28. The largest absolute Gasteiger partial charge is 0.497 e. The molecule has 0 spiro atoms. The van der Waals surface area contributed by atoms with Crippen LogP contribution in [-0.4, -0.2) is 48.2 Å². The number of amides is 1. The Labute approximate surface area is 174 Å². The minimum atomic E-state index is -0.494. The average molecular weight is 397 g/mol. The summed E-state index contributed by atoms with van der Waals surface area (Å²) in [5, 5.41) is 0. The number of benzene rings is 2. The van der Waals surface area contributed by atoms with Crippen LogP contribution >= 0.6 is 0 Å². The van der Waals surface area contributed by atoms with E-state index in [1.54, 1.807) is 12.0 Å². The van der Waals surface area contributed by atoms with Crippen LogP contribution in [0.4, 0.5) is 4.79 Å². The van der Waals surface area contributed by atoms with Gasteiger partial charge in [-0.3, -0.25) is 4.90 Å². The number of hydrogen-bond acceptors (Lipinski definition) is 4. The minimum absolute atomic E-state index is 0.105. The van der Waals surface area contributed by atoms with Gasteiger partial charge in [-0.15, -0.1) is 0 Å². The highest BCUT2D eigenvalue weighted by Crippen LogP contribution is 2.35. The van der Waals surface area contributed by atoms with E-state index in [4.69, 9.17) is 9.47 Å². The lowest BCUT2D eigenvalue weighted by molar-refractivity contribution is 0.0228. The van der Waals surface area contributed by atoms with E-state index in [1.807, 2.05) is 46.0 Å². The van der Waals surface area contributed by atoms with Crippen molar-refractivity contribution in [1.82, 2.24) is 9.80 Å². The molecule has 1 aliphatic heterocycles.